The van der Waals surface area contributed by atoms with E-state index in [1.165, 1.54) is 53.2 Å². The molecule has 198 valence electrons. The molecular formula is C40H27NS. The van der Waals surface area contributed by atoms with Crippen LogP contribution in [0.15, 0.2) is 164 Å². The number of hydrogen-bond donors (Lipinski definition) is 0. The van der Waals surface area contributed by atoms with Gasteiger partial charge in [0.15, 0.2) is 0 Å². The molecular weight excluding hydrogens is 527 g/mol. The number of para-hydroxylation sites is 1. The Bertz CT molecular complexity index is 2180. The van der Waals surface area contributed by atoms with E-state index in [1.54, 1.807) is 0 Å². The van der Waals surface area contributed by atoms with Crippen molar-refractivity contribution in [1.82, 2.24) is 0 Å². The van der Waals surface area contributed by atoms with E-state index >= 15 is 0 Å². The Morgan fingerprint density at radius 2 is 0.952 bits per heavy atom. The summed E-state index contributed by atoms with van der Waals surface area (Å²) in [7, 11) is 0. The van der Waals surface area contributed by atoms with E-state index in [4.69, 9.17) is 0 Å². The second-order valence-corrected chi connectivity index (χ2v) is 11.7. The molecule has 0 saturated carbocycles. The molecule has 1 heterocycles. The van der Waals surface area contributed by atoms with E-state index in [1.807, 2.05) is 11.3 Å². The van der Waals surface area contributed by atoms with Crippen LogP contribution in [-0.4, -0.2) is 0 Å². The first kappa shape index (κ1) is 24.6. The third kappa shape index (κ3) is 4.34. The fourth-order valence-electron chi connectivity index (χ4n) is 5.97. The molecule has 8 rings (SSSR count). The monoisotopic (exact) mass is 553 g/mol. The predicted molar refractivity (Wildman–Crippen MR) is 182 cm³/mol. The number of thiophene rings is 1. The van der Waals surface area contributed by atoms with Crippen LogP contribution in [0.4, 0.5) is 17.1 Å². The van der Waals surface area contributed by atoms with Gasteiger partial charge in [-0.15, -0.1) is 11.3 Å². The first-order valence-corrected chi connectivity index (χ1v) is 15.1. The molecule has 0 aliphatic carbocycles. The largest absolute Gasteiger partial charge is 0.310 e. The Morgan fingerprint density at radius 3 is 1.74 bits per heavy atom. The lowest BCUT2D eigenvalue weighted by atomic mass is 9.99. The van der Waals surface area contributed by atoms with Gasteiger partial charge in [0.1, 0.15) is 0 Å². The molecule has 0 unspecified atom stereocenters. The van der Waals surface area contributed by atoms with Crippen LogP contribution >= 0.6 is 11.3 Å². The van der Waals surface area contributed by atoms with Gasteiger partial charge in [0, 0.05) is 37.2 Å². The molecule has 1 nitrogen and oxygen atoms in total. The maximum absolute atomic E-state index is 2.35. The second-order valence-electron chi connectivity index (χ2n) is 10.6. The highest BCUT2D eigenvalue weighted by Gasteiger charge is 2.15. The molecule has 42 heavy (non-hydrogen) atoms. The summed E-state index contributed by atoms with van der Waals surface area (Å²) < 4.78 is 2.66. The Labute approximate surface area is 249 Å². The van der Waals surface area contributed by atoms with Gasteiger partial charge in [-0.1, -0.05) is 121 Å². The summed E-state index contributed by atoms with van der Waals surface area (Å²) in [4.78, 5) is 2.35. The van der Waals surface area contributed by atoms with Crippen LogP contribution in [-0.2, 0) is 0 Å². The summed E-state index contributed by atoms with van der Waals surface area (Å²) >= 11 is 1.89. The molecule has 7 aromatic carbocycles. The SMILES string of the molecule is c1ccc(-c2cccc(-c3ccc(N(c4ccccc4)c4ccc5c(c4)sc4c6ccccc6ccc54)cc3)c2)cc1. The van der Waals surface area contributed by atoms with Gasteiger partial charge in [-0.05, 0) is 75.5 Å². The molecule has 0 fully saturated rings. The van der Waals surface area contributed by atoms with Crippen molar-refractivity contribution in [3.05, 3.63) is 164 Å². The zero-order valence-electron chi connectivity index (χ0n) is 22.9. The van der Waals surface area contributed by atoms with Gasteiger partial charge in [0.2, 0.25) is 0 Å². The van der Waals surface area contributed by atoms with E-state index in [0.29, 0.717) is 0 Å². The highest BCUT2D eigenvalue weighted by Crippen LogP contribution is 2.42. The third-order valence-corrected chi connectivity index (χ3v) is 9.25. The van der Waals surface area contributed by atoms with Gasteiger partial charge in [-0.2, -0.15) is 0 Å². The van der Waals surface area contributed by atoms with Crippen LogP contribution in [0.25, 0.3) is 53.2 Å². The lowest BCUT2D eigenvalue weighted by Gasteiger charge is -2.25. The highest BCUT2D eigenvalue weighted by atomic mass is 32.1. The molecule has 0 saturated heterocycles. The fourth-order valence-corrected chi connectivity index (χ4v) is 7.24. The average molecular weight is 554 g/mol. The summed E-state index contributed by atoms with van der Waals surface area (Å²) in [6.45, 7) is 0. The normalized spacial score (nSPS) is 11.3. The van der Waals surface area contributed by atoms with Crippen molar-refractivity contribution in [3.63, 3.8) is 0 Å². The van der Waals surface area contributed by atoms with Gasteiger partial charge in [-0.3, -0.25) is 0 Å². The number of anilines is 3. The molecule has 0 spiro atoms. The fraction of sp³-hybridized carbons (Fsp3) is 0. The topological polar surface area (TPSA) is 3.24 Å². The van der Waals surface area contributed by atoms with Crippen molar-refractivity contribution in [3.8, 4) is 22.3 Å². The Hall–Kier alpha value is -5.18. The zero-order valence-corrected chi connectivity index (χ0v) is 23.8. The summed E-state index contributed by atoms with van der Waals surface area (Å²) in [5.41, 5.74) is 8.31. The van der Waals surface area contributed by atoms with Crippen molar-refractivity contribution >= 4 is 59.3 Å². The number of hydrogen-bond acceptors (Lipinski definition) is 2. The van der Waals surface area contributed by atoms with Crippen molar-refractivity contribution in [2.75, 3.05) is 4.90 Å². The van der Waals surface area contributed by atoms with Gasteiger partial charge in [-0.25, -0.2) is 0 Å². The Balaban J connectivity index is 1.21. The summed E-state index contributed by atoms with van der Waals surface area (Å²) in [6, 6.07) is 59.0. The average Bonchev–Trinajstić information content (AvgIpc) is 3.45. The van der Waals surface area contributed by atoms with Crippen LogP contribution in [0.1, 0.15) is 0 Å². The van der Waals surface area contributed by atoms with Crippen LogP contribution in [0.3, 0.4) is 0 Å². The highest BCUT2D eigenvalue weighted by molar-refractivity contribution is 7.26. The van der Waals surface area contributed by atoms with Crippen LogP contribution in [0.2, 0.25) is 0 Å². The summed E-state index contributed by atoms with van der Waals surface area (Å²) in [6.07, 6.45) is 0. The lowest BCUT2D eigenvalue weighted by molar-refractivity contribution is 1.29. The van der Waals surface area contributed by atoms with E-state index < -0.39 is 0 Å². The molecule has 0 radical (unpaired) electrons. The predicted octanol–water partition coefficient (Wildman–Crippen LogP) is 12.0. The summed E-state index contributed by atoms with van der Waals surface area (Å²) in [5.74, 6) is 0. The van der Waals surface area contributed by atoms with E-state index in [9.17, 15) is 0 Å². The van der Waals surface area contributed by atoms with Gasteiger partial charge in [0.25, 0.3) is 0 Å². The minimum atomic E-state index is 1.13. The Morgan fingerprint density at radius 1 is 0.357 bits per heavy atom. The smallest absolute Gasteiger partial charge is 0.0476 e. The maximum atomic E-state index is 2.35. The molecule has 8 aromatic rings. The molecule has 0 aliphatic heterocycles. The lowest BCUT2D eigenvalue weighted by Crippen LogP contribution is -2.09. The number of nitrogens with zero attached hydrogens (tertiary/aromatic N) is 1. The second kappa shape index (κ2) is 10.3. The van der Waals surface area contributed by atoms with E-state index in [2.05, 4.69) is 169 Å². The molecule has 0 atom stereocenters. The first-order chi connectivity index (χ1) is 20.8. The molecule has 0 bridgehead atoms. The molecule has 0 amide bonds. The molecule has 0 N–H and O–H groups in total. The van der Waals surface area contributed by atoms with Gasteiger partial charge in [0.05, 0.1) is 0 Å². The number of rotatable bonds is 5. The number of fused-ring (bicyclic) bond motifs is 5. The van der Waals surface area contributed by atoms with Crippen molar-refractivity contribution in [2.45, 2.75) is 0 Å². The summed E-state index contributed by atoms with van der Waals surface area (Å²) in [5, 5.41) is 5.25. The molecule has 1 aromatic heterocycles. The quantitative estimate of drug-likeness (QED) is 0.205. The third-order valence-electron chi connectivity index (χ3n) is 8.05. The Kier molecular flexibility index (Phi) is 6.05. The van der Waals surface area contributed by atoms with Crippen LogP contribution in [0, 0.1) is 0 Å². The molecule has 2 heteroatoms. The van der Waals surface area contributed by atoms with Crippen molar-refractivity contribution in [2.24, 2.45) is 0 Å². The standard InChI is InChI=1S/C40H27NS/c1-3-10-28(11-4-1)31-13-9-14-32(26-31)29-18-21-34(22-19-29)41(33-15-5-2-6-16-33)35-23-25-37-38-24-20-30-12-7-8-17-36(30)40(38)42-39(37)27-35/h1-27H. The first-order valence-electron chi connectivity index (χ1n) is 14.3. The van der Waals surface area contributed by atoms with E-state index in [0.717, 1.165) is 17.1 Å². The number of benzene rings is 7. The van der Waals surface area contributed by atoms with Crippen LogP contribution < -0.4 is 4.90 Å². The van der Waals surface area contributed by atoms with Gasteiger partial charge < -0.3 is 4.90 Å². The zero-order chi connectivity index (χ0) is 27.9. The van der Waals surface area contributed by atoms with Gasteiger partial charge >= 0.3 is 0 Å². The maximum Gasteiger partial charge on any atom is 0.0476 e. The minimum Gasteiger partial charge on any atom is -0.310 e. The van der Waals surface area contributed by atoms with E-state index in [-0.39, 0.29) is 0 Å². The molecule has 0 aliphatic rings. The minimum absolute atomic E-state index is 1.13. The van der Waals surface area contributed by atoms with Crippen molar-refractivity contribution in [1.29, 1.82) is 0 Å². The van der Waals surface area contributed by atoms with Crippen LogP contribution in [0.5, 0.6) is 0 Å². The van der Waals surface area contributed by atoms with Crippen molar-refractivity contribution < 1.29 is 0 Å².